The molecule has 0 aromatic heterocycles. The Morgan fingerprint density at radius 2 is 1.93 bits per heavy atom. The molecular formula is C12H23NO2. The van der Waals surface area contributed by atoms with Crippen LogP contribution in [0.5, 0.6) is 0 Å². The maximum absolute atomic E-state index is 9.91. The van der Waals surface area contributed by atoms with E-state index >= 15 is 0 Å². The van der Waals surface area contributed by atoms with Crippen molar-refractivity contribution in [3.8, 4) is 0 Å². The number of aliphatic hydroxyl groups is 1. The summed E-state index contributed by atoms with van der Waals surface area (Å²) in [6.07, 6.45) is 5.81. The lowest BCUT2D eigenvalue weighted by Gasteiger charge is -2.32. The quantitative estimate of drug-likeness (QED) is 0.749. The van der Waals surface area contributed by atoms with Gasteiger partial charge < -0.3 is 14.7 Å². The van der Waals surface area contributed by atoms with E-state index in [-0.39, 0.29) is 6.10 Å². The van der Waals surface area contributed by atoms with Crippen LogP contribution in [0.15, 0.2) is 0 Å². The Balaban J connectivity index is 1.78. The van der Waals surface area contributed by atoms with Crippen molar-refractivity contribution in [2.75, 3.05) is 32.8 Å². The lowest BCUT2D eigenvalue weighted by atomic mass is 9.86. The molecule has 0 spiro atoms. The molecule has 2 fully saturated rings. The van der Waals surface area contributed by atoms with E-state index in [2.05, 4.69) is 4.90 Å². The van der Waals surface area contributed by atoms with Gasteiger partial charge in [-0.25, -0.2) is 0 Å². The summed E-state index contributed by atoms with van der Waals surface area (Å²) in [7, 11) is 0. The lowest BCUT2D eigenvalue weighted by Crippen LogP contribution is -2.38. The van der Waals surface area contributed by atoms with Crippen LogP contribution in [0, 0.1) is 5.92 Å². The molecule has 1 heterocycles. The van der Waals surface area contributed by atoms with Crippen LogP contribution in [-0.2, 0) is 4.74 Å². The van der Waals surface area contributed by atoms with E-state index in [0.29, 0.717) is 5.92 Å². The minimum absolute atomic E-state index is 0.0529. The van der Waals surface area contributed by atoms with Gasteiger partial charge in [-0.05, 0) is 25.2 Å². The van der Waals surface area contributed by atoms with Gasteiger partial charge in [0.05, 0.1) is 12.7 Å². The molecule has 2 rings (SSSR count). The summed E-state index contributed by atoms with van der Waals surface area (Å²) < 4.78 is 5.44. The standard InChI is InChI=1S/C12H23NO2/c14-12-5-2-1-4-11(12)10-13-6-3-8-15-9-7-13/h11-12,14H,1-10H2. The Bertz CT molecular complexity index is 178. The lowest BCUT2D eigenvalue weighted by molar-refractivity contribution is 0.0454. The Hall–Kier alpha value is -0.120. The highest BCUT2D eigenvalue weighted by Gasteiger charge is 2.25. The van der Waals surface area contributed by atoms with Crippen molar-refractivity contribution in [3.05, 3.63) is 0 Å². The molecule has 1 aliphatic heterocycles. The number of hydrogen-bond acceptors (Lipinski definition) is 3. The van der Waals surface area contributed by atoms with Gasteiger partial charge in [0.25, 0.3) is 0 Å². The molecule has 1 saturated heterocycles. The summed E-state index contributed by atoms with van der Waals surface area (Å²) >= 11 is 0. The monoisotopic (exact) mass is 213 g/mol. The zero-order chi connectivity index (χ0) is 10.5. The van der Waals surface area contributed by atoms with Gasteiger partial charge in [0, 0.05) is 26.2 Å². The fraction of sp³-hybridized carbons (Fsp3) is 1.00. The van der Waals surface area contributed by atoms with Gasteiger partial charge >= 0.3 is 0 Å². The minimum atomic E-state index is -0.0529. The van der Waals surface area contributed by atoms with E-state index in [1.54, 1.807) is 0 Å². The van der Waals surface area contributed by atoms with E-state index in [0.717, 1.165) is 45.7 Å². The summed E-state index contributed by atoms with van der Waals surface area (Å²) in [5, 5.41) is 9.91. The van der Waals surface area contributed by atoms with Crippen LogP contribution in [0.3, 0.4) is 0 Å². The average Bonchev–Trinajstić information content (AvgIpc) is 2.50. The Kier molecular flexibility index (Phi) is 4.42. The summed E-state index contributed by atoms with van der Waals surface area (Å²) in [5.74, 6) is 0.511. The van der Waals surface area contributed by atoms with Crippen LogP contribution in [0.4, 0.5) is 0 Å². The molecule has 0 amide bonds. The van der Waals surface area contributed by atoms with Crippen molar-refractivity contribution in [1.82, 2.24) is 4.90 Å². The van der Waals surface area contributed by atoms with E-state index in [1.807, 2.05) is 0 Å². The van der Waals surface area contributed by atoms with Crippen molar-refractivity contribution >= 4 is 0 Å². The van der Waals surface area contributed by atoms with Gasteiger partial charge in [-0.15, -0.1) is 0 Å². The molecule has 2 unspecified atom stereocenters. The molecule has 2 aliphatic rings. The SMILES string of the molecule is OC1CCCCC1CN1CCCOCC1. The zero-order valence-corrected chi connectivity index (χ0v) is 9.53. The highest BCUT2D eigenvalue weighted by atomic mass is 16.5. The first-order valence-electron chi connectivity index (χ1n) is 6.34. The van der Waals surface area contributed by atoms with E-state index < -0.39 is 0 Å². The second-order valence-electron chi connectivity index (χ2n) is 4.88. The van der Waals surface area contributed by atoms with Crippen molar-refractivity contribution < 1.29 is 9.84 Å². The molecule has 0 radical (unpaired) electrons. The van der Waals surface area contributed by atoms with Crippen LogP contribution in [0.25, 0.3) is 0 Å². The van der Waals surface area contributed by atoms with Gasteiger partial charge in [-0.3, -0.25) is 0 Å². The van der Waals surface area contributed by atoms with Crippen molar-refractivity contribution in [1.29, 1.82) is 0 Å². The third-order valence-electron chi connectivity index (χ3n) is 3.68. The summed E-state index contributed by atoms with van der Waals surface area (Å²) in [6, 6.07) is 0. The zero-order valence-electron chi connectivity index (χ0n) is 9.53. The van der Waals surface area contributed by atoms with E-state index in [4.69, 9.17) is 4.74 Å². The Labute approximate surface area is 92.4 Å². The van der Waals surface area contributed by atoms with Crippen molar-refractivity contribution in [2.24, 2.45) is 5.92 Å². The number of rotatable bonds is 2. The molecule has 1 N–H and O–H groups in total. The fourth-order valence-electron chi connectivity index (χ4n) is 2.71. The summed E-state index contributed by atoms with van der Waals surface area (Å²) in [5.41, 5.74) is 0. The predicted octanol–water partition coefficient (Wildman–Crippen LogP) is 1.26. The van der Waals surface area contributed by atoms with E-state index in [1.165, 1.54) is 19.3 Å². The molecule has 1 saturated carbocycles. The topological polar surface area (TPSA) is 32.7 Å². The van der Waals surface area contributed by atoms with Crippen LogP contribution < -0.4 is 0 Å². The van der Waals surface area contributed by atoms with Crippen molar-refractivity contribution in [3.63, 3.8) is 0 Å². The highest BCUT2D eigenvalue weighted by Crippen LogP contribution is 2.25. The Morgan fingerprint density at radius 3 is 2.80 bits per heavy atom. The van der Waals surface area contributed by atoms with Gasteiger partial charge in [0.1, 0.15) is 0 Å². The van der Waals surface area contributed by atoms with Crippen molar-refractivity contribution in [2.45, 2.75) is 38.2 Å². The Morgan fingerprint density at radius 1 is 1.07 bits per heavy atom. The van der Waals surface area contributed by atoms with Crippen LogP contribution in [-0.4, -0.2) is 49.0 Å². The first kappa shape index (κ1) is 11.4. The first-order chi connectivity index (χ1) is 7.36. The fourth-order valence-corrected chi connectivity index (χ4v) is 2.71. The second-order valence-corrected chi connectivity index (χ2v) is 4.88. The molecule has 3 heteroatoms. The molecule has 3 nitrogen and oxygen atoms in total. The average molecular weight is 213 g/mol. The van der Waals surface area contributed by atoms with Crippen LogP contribution >= 0.6 is 0 Å². The number of ether oxygens (including phenoxy) is 1. The molecule has 88 valence electrons. The predicted molar refractivity (Wildman–Crippen MR) is 59.8 cm³/mol. The first-order valence-corrected chi connectivity index (χ1v) is 6.34. The number of aliphatic hydroxyl groups excluding tert-OH is 1. The summed E-state index contributed by atoms with van der Waals surface area (Å²) in [4.78, 5) is 2.46. The molecular weight excluding hydrogens is 190 g/mol. The molecule has 1 aliphatic carbocycles. The molecule has 15 heavy (non-hydrogen) atoms. The molecule has 0 bridgehead atoms. The maximum Gasteiger partial charge on any atom is 0.0593 e. The van der Waals surface area contributed by atoms with E-state index in [9.17, 15) is 5.11 Å². The minimum Gasteiger partial charge on any atom is -0.393 e. The molecule has 2 atom stereocenters. The smallest absolute Gasteiger partial charge is 0.0593 e. The van der Waals surface area contributed by atoms with Gasteiger partial charge in [-0.1, -0.05) is 12.8 Å². The van der Waals surface area contributed by atoms with Crippen LogP contribution in [0.2, 0.25) is 0 Å². The normalized spacial score (nSPS) is 35.0. The molecule has 0 aromatic carbocycles. The highest BCUT2D eigenvalue weighted by molar-refractivity contribution is 4.78. The third-order valence-corrected chi connectivity index (χ3v) is 3.68. The van der Waals surface area contributed by atoms with Gasteiger partial charge in [0.2, 0.25) is 0 Å². The third kappa shape index (κ3) is 3.44. The largest absolute Gasteiger partial charge is 0.393 e. The van der Waals surface area contributed by atoms with Gasteiger partial charge in [0.15, 0.2) is 0 Å². The summed E-state index contributed by atoms with van der Waals surface area (Å²) in [6.45, 7) is 5.03. The number of nitrogens with zero attached hydrogens (tertiary/aromatic N) is 1. The molecule has 0 aromatic rings. The van der Waals surface area contributed by atoms with Crippen LogP contribution in [0.1, 0.15) is 32.1 Å². The van der Waals surface area contributed by atoms with Gasteiger partial charge in [-0.2, -0.15) is 0 Å². The maximum atomic E-state index is 9.91. The second kappa shape index (κ2) is 5.83. The number of hydrogen-bond donors (Lipinski definition) is 1.